The Morgan fingerprint density at radius 2 is 2.22 bits per heavy atom. The Hall–Kier alpha value is -2.00. The monoisotopic (exact) mass is 394 g/mol. The zero-order valence-electron chi connectivity index (χ0n) is 15.8. The maximum absolute atomic E-state index is 12.7. The SMILES string of the molecule is CCCCS(=O)(=O)N1CCC2(CC(C(=O)N(C)Cc3ccccn3)=NO2)C1. The van der Waals surface area contributed by atoms with E-state index in [0.717, 1.165) is 12.1 Å². The number of unbranched alkanes of at least 4 members (excludes halogenated alkanes) is 1. The largest absolute Gasteiger partial charge is 0.387 e. The van der Waals surface area contributed by atoms with E-state index in [-0.39, 0.29) is 18.2 Å². The molecule has 1 fully saturated rings. The number of sulfonamides is 1. The van der Waals surface area contributed by atoms with Crippen LogP contribution in [0, 0.1) is 0 Å². The third kappa shape index (κ3) is 4.47. The number of aromatic nitrogens is 1. The summed E-state index contributed by atoms with van der Waals surface area (Å²) >= 11 is 0. The molecule has 1 aromatic heterocycles. The summed E-state index contributed by atoms with van der Waals surface area (Å²) < 4.78 is 26.3. The third-order valence-electron chi connectivity index (χ3n) is 4.99. The molecule has 0 aliphatic carbocycles. The van der Waals surface area contributed by atoms with Crippen LogP contribution in [0.1, 0.15) is 38.3 Å². The highest BCUT2D eigenvalue weighted by Crippen LogP contribution is 2.35. The summed E-state index contributed by atoms with van der Waals surface area (Å²) in [4.78, 5) is 24.0. The summed E-state index contributed by atoms with van der Waals surface area (Å²) in [6, 6.07) is 5.55. The number of hydrogen-bond acceptors (Lipinski definition) is 6. The van der Waals surface area contributed by atoms with Crippen molar-refractivity contribution in [3.63, 3.8) is 0 Å². The maximum atomic E-state index is 12.7. The fraction of sp³-hybridized carbons (Fsp3) is 0.611. The number of rotatable bonds is 7. The Kier molecular flexibility index (Phi) is 5.81. The summed E-state index contributed by atoms with van der Waals surface area (Å²) in [5, 5.41) is 4.00. The third-order valence-corrected chi connectivity index (χ3v) is 6.89. The molecule has 0 bridgehead atoms. The van der Waals surface area contributed by atoms with Gasteiger partial charge >= 0.3 is 0 Å². The fourth-order valence-electron chi connectivity index (χ4n) is 3.38. The Morgan fingerprint density at radius 1 is 1.41 bits per heavy atom. The second-order valence-electron chi connectivity index (χ2n) is 7.22. The van der Waals surface area contributed by atoms with Crippen molar-refractivity contribution in [2.45, 2.75) is 44.8 Å². The highest BCUT2D eigenvalue weighted by atomic mass is 32.2. The summed E-state index contributed by atoms with van der Waals surface area (Å²) in [6.45, 7) is 3.01. The number of carbonyl (C=O) groups excluding carboxylic acids is 1. The number of nitrogens with zero attached hydrogens (tertiary/aromatic N) is 4. The molecule has 148 valence electrons. The molecule has 1 atom stereocenters. The van der Waals surface area contributed by atoms with E-state index >= 15 is 0 Å². The van der Waals surface area contributed by atoms with Crippen molar-refractivity contribution in [1.82, 2.24) is 14.2 Å². The van der Waals surface area contributed by atoms with Gasteiger partial charge in [-0.2, -0.15) is 4.31 Å². The van der Waals surface area contributed by atoms with Gasteiger partial charge in [0, 0.05) is 32.6 Å². The molecule has 3 rings (SSSR count). The van der Waals surface area contributed by atoms with E-state index in [9.17, 15) is 13.2 Å². The molecule has 8 nitrogen and oxygen atoms in total. The van der Waals surface area contributed by atoms with Gasteiger partial charge in [-0.1, -0.05) is 24.6 Å². The fourth-order valence-corrected chi connectivity index (χ4v) is 5.10. The van der Waals surface area contributed by atoms with Crippen LogP contribution in [0.2, 0.25) is 0 Å². The van der Waals surface area contributed by atoms with Crippen LogP contribution < -0.4 is 0 Å². The smallest absolute Gasteiger partial charge is 0.271 e. The summed E-state index contributed by atoms with van der Waals surface area (Å²) in [7, 11) is -1.59. The van der Waals surface area contributed by atoms with E-state index in [1.807, 2.05) is 25.1 Å². The predicted octanol–water partition coefficient (Wildman–Crippen LogP) is 1.39. The van der Waals surface area contributed by atoms with Gasteiger partial charge in [0.25, 0.3) is 5.91 Å². The molecule has 9 heteroatoms. The van der Waals surface area contributed by atoms with E-state index in [0.29, 0.717) is 38.1 Å². The molecule has 1 spiro atoms. The lowest BCUT2D eigenvalue weighted by molar-refractivity contribution is -0.123. The van der Waals surface area contributed by atoms with Crippen molar-refractivity contribution in [2.24, 2.45) is 5.16 Å². The van der Waals surface area contributed by atoms with E-state index in [4.69, 9.17) is 4.84 Å². The van der Waals surface area contributed by atoms with Crippen LogP contribution in [0.25, 0.3) is 0 Å². The Morgan fingerprint density at radius 3 is 2.93 bits per heavy atom. The van der Waals surface area contributed by atoms with E-state index in [2.05, 4.69) is 10.1 Å². The summed E-state index contributed by atoms with van der Waals surface area (Å²) in [5.74, 6) is -0.0659. The van der Waals surface area contributed by atoms with Gasteiger partial charge in [0.2, 0.25) is 10.0 Å². The first-order valence-corrected chi connectivity index (χ1v) is 10.8. The molecule has 2 aliphatic rings. The van der Waals surface area contributed by atoms with Crippen LogP contribution in [0.4, 0.5) is 0 Å². The number of amides is 1. The van der Waals surface area contributed by atoms with Gasteiger partial charge in [0.15, 0.2) is 5.60 Å². The average Bonchev–Trinajstić information content (AvgIpc) is 3.28. The number of hydrogen-bond donors (Lipinski definition) is 0. The van der Waals surface area contributed by atoms with Gasteiger partial charge in [-0.25, -0.2) is 8.42 Å². The predicted molar refractivity (Wildman–Crippen MR) is 101 cm³/mol. The van der Waals surface area contributed by atoms with Gasteiger partial charge < -0.3 is 9.74 Å². The average molecular weight is 394 g/mol. The van der Waals surface area contributed by atoms with Crippen LogP contribution in [0.15, 0.2) is 29.6 Å². The van der Waals surface area contributed by atoms with E-state index in [1.54, 1.807) is 18.1 Å². The van der Waals surface area contributed by atoms with Gasteiger partial charge in [-0.15, -0.1) is 0 Å². The van der Waals surface area contributed by atoms with Gasteiger partial charge in [0.05, 0.1) is 24.5 Å². The number of oxime groups is 1. The highest BCUT2D eigenvalue weighted by molar-refractivity contribution is 7.89. The van der Waals surface area contributed by atoms with E-state index in [1.165, 1.54) is 4.31 Å². The van der Waals surface area contributed by atoms with Crippen molar-refractivity contribution in [2.75, 3.05) is 25.9 Å². The first-order chi connectivity index (χ1) is 12.9. The molecule has 2 aliphatic heterocycles. The van der Waals surface area contributed by atoms with Gasteiger partial charge in [-0.05, 0) is 18.6 Å². The standard InChI is InChI=1S/C18H26N4O4S/c1-3-4-11-27(24,25)22-10-8-18(14-22)12-16(20-26-18)17(23)21(2)13-15-7-5-6-9-19-15/h5-7,9H,3-4,8,10-14H2,1-2H3. The van der Waals surface area contributed by atoms with Crippen LogP contribution >= 0.6 is 0 Å². The molecule has 1 unspecified atom stereocenters. The molecule has 27 heavy (non-hydrogen) atoms. The van der Waals surface area contributed by atoms with Gasteiger partial charge in [-0.3, -0.25) is 9.78 Å². The molecular weight excluding hydrogens is 368 g/mol. The van der Waals surface area contributed by atoms with Crippen molar-refractivity contribution in [1.29, 1.82) is 0 Å². The lowest BCUT2D eigenvalue weighted by atomic mass is 9.96. The zero-order valence-corrected chi connectivity index (χ0v) is 16.6. The molecule has 0 N–H and O–H groups in total. The molecule has 1 saturated heterocycles. The second-order valence-corrected chi connectivity index (χ2v) is 9.31. The lowest BCUT2D eigenvalue weighted by Crippen LogP contribution is -2.39. The minimum atomic E-state index is -3.28. The minimum absolute atomic E-state index is 0.152. The highest BCUT2D eigenvalue weighted by Gasteiger charge is 2.49. The van der Waals surface area contributed by atoms with Crippen molar-refractivity contribution >= 4 is 21.6 Å². The van der Waals surface area contributed by atoms with Crippen molar-refractivity contribution in [3.05, 3.63) is 30.1 Å². The molecular formula is C18H26N4O4S. The molecule has 1 aromatic rings. The molecule has 1 amide bonds. The normalized spacial score (nSPS) is 22.7. The summed E-state index contributed by atoms with van der Waals surface area (Å²) in [5.41, 5.74) is 0.411. The lowest BCUT2D eigenvalue weighted by Gasteiger charge is -2.22. The van der Waals surface area contributed by atoms with Crippen molar-refractivity contribution < 1.29 is 18.0 Å². The quantitative estimate of drug-likeness (QED) is 0.697. The van der Waals surface area contributed by atoms with Crippen LogP contribution in [-0.4, -0.2) is 65.7 Å². The zero-order chi connectivity index (χ0) is 19.5. The summed E-state index contributed by atoms with van der Waals surface area (Å²) in [6.07, 6.45) is 4.04. The number of pyridine rings is 1. The van der Waals surface area contributed by atoms with Crippen LogP contribution in [0.3, 0.4) is 0 Å². The second kappa shape index (κ2) is 7.93. The van der Waals surface area contributed by atoms with Crippen LogP contribution in [-0.2, 0) is 26.2 Å². The molecule has 3 heterocycles. The van der Waals surface area contributed by atoms with Crippen LogP contribution in [0.5, 0.6) is 0 Å². The Bertz CT molecular complexity index is 812. The van der Waals surface area contributed by atoms with Gasteiger partial charge in [0.1, 0.15) is 5.71 Å². The maximum Gasteiger partial charge on any atom is 0.271 e. The van der Waals surface area contributed by atoms with E-state index < -0.39 is 15.6 Å². The molecule has 0 saturated carbocycles. The minimum Gasteiger partial charge on any atom is -0.387 e. The Balaban J connectivity index is 1.58. The Labute approximate surface area is 160 Å². The van der Waals surface area contributed by atoms with Crippen molar-refractivity contribution in [3.8, 4) is 0 Å². The molecule has 0 radical (unpaired) electrons. The first-order valence-electron chi connectivity index (χ1n) is 9.23. The number of carbonyl (C=O) groups is 1. The first kappa shape index (κ1) is 19.8. The topological polar surface area (TPSA) is 92.2 Å². The molecule has 0 aromatic carbocycles.